The Bertz CT molecular complexity index is 1600. The molecule has 0 bridgehead atoms. The number of rotatable bonds is 4. The minimum absolute atomic E-state index is 0.154. The maximum atomic E-state index is 13.7. The second-order valence-corrected chi connectivity index (χ2v) is 9.88. The molecule has 4 aromatic rings. The van der Waals surface area contributed by atoms with Gasteiger partial charge in [-0.25, -0.2) is 9.79 Å². The summed E-state index contributed by atoms with van der Waals surface area (Å²) in [6, 6.07) is 11.5. The third kappa shape index (κ3) is 3.41. The highest BCUT2D eigenvalue weighted by Crippen LogP contribution is 2.33. The summed E-state index contributed by atoms with van der Waals surface area (Å²) in [6.07, 6.45) is 1.95. The van der Waals surface area contributed by atoms with E-state index >= 15 is 0 Å². The SMILES string of the molecule is CCOC(=O)C1=C(C)N=c2sc(=Cc3c(C)n(C)c4ccccc34)c(=O)n2C1c1cccs1. The van der Waals surface area contributed by atoms with Crippen LogP contribution in [0.1, 0.15) is 36.0 Å². The minimum atomic E-state index is -0.545. The molecule has 3 aromatic heterocycles. The number of carbonyl (C=O) groups is 1. The van der Waals surface area contributed by atoms with Crippen molar-refractivity contribution in [2.45, 2.75) is 26.8 Å². The number of fused-ring (bicyclic) bond motifs is 2. The van der Waals surface area contributed by atoms with Crippen molar-refractivity contribution < 1.29 is 9.53 Å². The molecule has 4 heterocycles. The van der Waals surface area contributed by atoms with Crippen LogP contribution in [0.3, 0.4) is 0 Å². The Morgan fingerprint density at radius 2 is 2.00 bits per heavy atom. The average Bonchev–Trinajstić information content (AvgIpc) is 3.49. The molecular weight excluding hydrogens is 454 g/mol. The van der Waals surface area contributed by atoms with E-state index < -0.39 is 12.0 Å². The molecule has 0 spiro atoms. The van der Waals surface area contributed by atoms with Gasteiger partial charge in [0.15, 0.2) is 4.80 Å². The first-order valence-electron chi connectivity index (χ1n) is 10.7. The van der Waals surface area contributed by atoms with E-state index in [1.165, 1.54) is 22.7 Å². The van der Waals surface area contributed by atoms with E-state index in [9.17, 15) is 9.59 Å². The molecule has 0 saturated carbocycles. The molecular formula is C25H23N3O3S2. The number of hydrogen-bond acceptors (Lipinski definition) is 6. The first kappa shape index (κ1) is 21.6. The summed E-state index contributed by atoms with van der Waals surface area (Å²) in [6.45, 7) is 5.90. The molecule has 168 valence electrons. The summed E-state index contributed by atoms with van der Waals surface area (Å²) in [5.74, 6) is -0.434. The first-order valence-corrected chi connectivity index (χ1v) is 12.4. The van der Waals surface area contributed by atoms with E-state index in [4.69, 9.17) is 4.74 Å². The Morgan fingerprint density at radius 3 is 2.73 bits per heavy atom. The molecule has 1 aliphatic rings. The fraction of sp³-hybridized carbons (Fsp3) is 0.240. The average molecular weight is 478 g/mol. The van der Waals surface area contributed by atoms with Crippen LogP contribution in [0.2, 0.25) is 0 Å². The standard InChI is InChI=1S/C25H23N3O3S2/c1-5-31-24(30)21-14(2)26-25-28(22(21)19-11-8-12-32-19)23(29)20(33-25)13-17-15(3)27(4)18-10-7-6-9-16(17)18/h6-13,22H,5H2,1-4H3. The van der Waals surface area contributed by atoms with Crippen LogP contribution < -0.4 is 14.9 Å². The summed E-state index contributed by atoms with van der Waals surface area (Å²) in [5, 5.41) is 3.05. The largest absolute Gasteiger partial charge is 0.463 e. The Kier molecular flexibility index (Phi) is 5.42. The van der Waals surface area contributed by atoms with Crippen molar-refractivity contribution in [2.24, 2.45) is 12.0 Å². The number of para-hydroxylation sites is 1. The molecule has 33 heavy (non-hydrogen) atoms. The topological polar surface area (TPSA) is 65.6 Å². The van der Waals surface area contributed by atoms with E-state index in [-0.39, 0.29) is 12.2 Å². The number of thiophene rings is 1. The number of allylic oxidation sites excluding steroid dienone is 1. The number of esters is 1. The van der Waals surface area contributed by atoms with Crippen LogP contribution in [0.25, 0.3) is 17.0 Å². The first-order chi connectivity index (χ1) is 15.9. The predicted molar refractivity (Wildman–Crippen MR) is 132 cm³/mol. The van der Waals surface area contributed by atoms with Gasteiger partial charge in [0.05, 0.1) is 22.4 Å². The number of aromatic nitrogens is 2. The minimum Gasteiger partial charge on any atom is -0.463 e. The Balaban J connectivity index is 1.77. The molecule has 0 fully saturated rings. The molecule has 0 amide bonds. The van der Waals surface area contributed by atoms with Crippen molar-refractivity contribution in [3.63, 3.8) is 0 Å². The van der Waals surface area contributed by atoms with Crippen molar-refractivity contribution in [3.05, 3.63) is 88.9 Å². The summed E-state index contributed by atoms with van der Waals surface area (Å²) in [5.41, 5.74) is 4.07. The van der Waals surface area contributed by atoms with E-state index in [0.29, 0.717) is 20.6 Å². The molecule has 1 aliphatic heterocycles. The number of thiazole rings is 1. The summed E-state index contributed by atoms with van der Waals surface area (Å²) >= 11 is 2.86. The van der Waals surface area contributed by atoms with Gasteiger partial charge in [0.1, 0.15) is 6.04 Å². The van der Waals surface area contributed by atoms with Crippen LogP contribution in [-0.2, 0) is 16.6 Å². The van der Waals surface area contributed by atoms with Gasteiger partial charge in [-0.15, -0.1) is 11.3 Å². The second kappa shape index (κ2) is 8.28. The number of carbonyl (C=O) groups excluding carboxylic acids is 1. The van der Waals surface area contributed by atoms with Gasteiger partial charge in [-0.1, -0.05) is 35.6 Å². The summed E-state index contributed by atoms with van der Waals surface area (Å²) in [4.78, 5) is 32.7. The van der Waals surface area contributed by atoms with Crippen LogP contribution in [0, 0.1) is 6.92 Å². The van der Waals surface area contributed by atoms with Gasteiger partial charge in [-0.3, -0.25) is 9.36 Å². The lowest BCUT2D eigenvalue weighted by Gasteiger charge is -2.23. The van der Waals surface area contributed by atoms with Crippen molar-refractivity contribution in [2.75, 3.05) is 6.61 Å². The fourth-order valence-corrected chi connectivity index (χ4v) is 6.22. The number of benzene rings is 1. The highest BCUT2D eigenvalue weighted by molar-refractivity contribution is 7.10. The van der Waals surface area contributed by atoms with Crippen LogP contribution in [0.4, 0.5) is 0 Å². The Labute approximate surface area is 198 Å². The third-order valence-corrected chi connectivity index (χ3v) is 7.96. The summed E-state index contributed by atoms with van der Waals surface area (Å²) < 4.78 is 9.70. The van der Waals surface area contributed by atoms with Gasteiger partial charge < -0.3 is 9.30 Å². The highest BCUT2D eigenvalue weighted by Gasteiger charge is 2.33. The molecule has 1 atom stereocenters. The molecule has 5 rings (SSSR count). The van der Waals surface area contributed by atoms with E-state index in [2.05, 4.69) is 28.6 Å². The van der Waals surface area contributed by atoms with E-state index in [0.717, 1.165) is 27.0 Å². The van der Waals surface area contributed by atoms with Crippen molar-refractivity contribution in [3.8, 4) is 0 Å². The maximum Gasteiger partial charge on any atom is 0.338 e. The monoisotopic (exact) mass is 477 g/mol. The van der Waals surface area contributed by atoms with Gasteiger partial charge in [0.25, 0.3) is 5.56 Å². The lowest BCUT2D eigenvalue weighted by atomic mass is 10.0. The van der Waals surface area contributed by atoms with Gasteiger partial charge >= 0.3 is 5.97 Å². The predicted octanol–water partition coefficient (Wildman–Crippen LogP) is 3.66. The molecule has 0 aliphatic carbocycles. The Hall–Kier alpha value is -3.23. The fourth-order valence-electron chi connectivity index (χ4n) is 4.37. The smallest absolute Gasteiger partial charge is 0.338 e. The zero-order chi connectivity index (χ0) is 23.3. The normalized spacial score (nSPS) is 16.2. The van der Waals surface area contributed by atoms with Crippen molar-refractivity contribution in [1.29, 1.82) is 0 Å². The molecule has 6 nitrogen and oxygen atoms in total. The van der Waals surface area contributed by atoms with Gasteiger partial charge in [-0.05, 0) is 44.4 Å². The maximum absolute atomic E-state index is 13.7. The number of ether oxygens (including phenoxy) is 1. The lowest BCUT2D eigenvalue weighted by molar-refractivity contribution is -0.139. The molecule has 8 heteroatoms. The van der Waals surface area contributed by atoms with Gasteiger partial charge in [0.2, 0.25) is 0 Å². The third-order valence-electron chi connectivity index (χ3n) is 6.05. The van der Waals surface area contributed by atoms with Gasteiger partial charge in [0, 0.05) is 34.1 Å². The number of nitrogens with zero attached hydrogens (tertiary/aromatic N) is 3. The Morgan fingerprint density at radius 1 is 1.21 bits per heavy atom. The zero-order valence-corrected chi connectivity index (χ0v) is 20.4. The second-order valence-electron chi connectivity index (χ2n) is 7.89. The van der Waals surface area contributed by atoms with Crippen LogP contribution in [-0.4, -0.2) is 21.7 Å². The van der Waals surface area contributed by atoms with E-state index in [1.807, 2.05) is 42.8 Å². The molecule has 1 aromatic carbocycles. The van der Waals surface area contributed by atoms with Crippen molar-refractivity contribution in [1.82, 2.24) is 9.13 Å². The lowest BCUT2D eigenvalue weighted by Crippen LogP contribution is -2.39. The van der Waals surface area contributed by atoms with Crippen molar-refractivity contribution >= 4 is 45.6 Å². The number of aryl methyl sites for hydroxylation is 1. The summed E-state index contributed by atoms with van der Waals surface area (Å²) in [7, 11) is 2.03. The van der Waals surface area contributed by atoms with E-state index in [1.54, 1.807) is 18.4 Å². The van der Waals surface area contributed by atoms with Gasteiger partial charge in [-0.2, -0.15) is 0 Å². The molecule has 0 saturated heterocycles. The highest BCUT2D eigenvalue weighted by atomic mass is 32.1. The van der Waals surface area contributed by atoms with Crippen LogP contribution >= 0.6 is 22.7 Å². The molecule has 0 N–H and O–H groups in total. The zero-order valence-electron chi connectivity index (χ0n) is 18.8. The van der Waals surface area contributed by atoms with Crippen LogP contribution in [0.5, 0.6) is 0 Å². The molecule has 1 unspecified atom stereocenters. The van der Waals surface area contributed by atoms with Crippen LogP contribution in [0.15, 0.2) is 62.8 Å². The molecule has 0 radical (unpaired) electrons. The number of hydrogen-bond donors (Lipinski definition) is 0. The quantitative estimate of drug-likeness (QED) is 0.422.